The third-order valence-electron chi connectivity index (χ3n) is 2.67. The summed E-state index contributed by atoms with van der Waals surface area (Å²) >= 11 is 0. The van der Waals surface area contributed by atoms with Crippen molar-refractivity contribution < 1.29 is 4.79 Å². The van der Waals surface area contributed by atoms with E-state index in [4.69, 9.17) is 0 Å². The molecule has 0 bridgehead atoms. The second kappa shape index (κ2) is 8.51. The molecule has 2 nitrogen and oxygen atoms in total. The molecule has 2 heteroatoms. The summed E-state index contributed by atoms with van der Waals surface area (Å²) in [6.07, 6.45) is 6.78. The second-order valence-corrected chi connectivity index (χ2v) is 4.53. The van der Waals surface area contributed by atoms with Crippen LogP contribution in [0.1, 0.15) is 46.5 Å². The van der Waals surface area contributed by atoms with Gasteiger partial charge < -0.3 is 5.32 Å². The molecule has 0 aliphatic rings. The summed E-state index contributed by atoms with van der Waals surface area (Å²) in [4.78, 5) is 10.6. The number of rotatable bonds is 8. The molecule has 88 valence electrons. The Bertz CT molecular complexity index is 189. The molecule has 0 heterocycles. The summed E-state index contributed by atoms with van der Waals surface area (Å²) in [7, 11) is 0. The van der Waals surface area contributed by atoms with E-state index in [1.54, 1.807) is 6.92 Å². The number of carbonyl (C=O) groups excluding carboxylic acids is 1. The first kappa shape index (κ1) is 14.2. The lowest BCUT2D eigenvalue weighted by molar-refractivity contribution is -0.118. The summed E-state index contributed by atoms with van der Waals surface area (Å²) < 4.78 is 0. The van der Waals surface area contributed by atoms with Gasteiger partial charge in [-0.05, 0) is 24.7 Å². The Morgan fingerprint density at radius 3 is 2.60 bits per heavy atom. The Labute approximate surface area is 94.1 Å². The Morgan fingerprint density at radius 2 is 2.07 bits per heavy atom. The van der Waals surface area contributed by atoms with Gasteiger partial charge in [0.25, 0.3) is 0 Å². The van der Waals surface area contributed by atoms with Gasteiger partial charge >= 0.3 is 0 Å². The molecule has 0 aromatic rings. The van der Waals surface area contributed by atoms with Gasteiger partial charge in [0.2, 0.25) is 5.91 Å². The van der Waals surface area contributed by atoms with Crippen molar-refractivity contribution in [3.05, 3.63) is 12.7 Å². The van der Waals surface area contributed by atoms with Gasteiger partial charge in [0.15, 0.2) is 0 Å². The second-order valence-electron chi connectivity index (χ2n) is 4.53. The number of hydrogen-bond acceptors (Lipinski definition) is 1. The van der Waals surface area contributed by atoms with Crippen LogP contribution in [0, 0.1) is 11.8 Å². The normalized spacial score (nSPS) is 14.3. The molecule has 0 spiro atoms. The number of hydrogen-bond donors (Lipinski definition) is 1. The van der Waals surface area contributed by atoms with Crippen molar-refractivity contribution in [3.8, 4) is 0 Å². The third kappa shape index (κ3) is 9.51. The molecule has 0 rings (SSSR count). The summed E-state index contributed by atoms with van der Waals surface area (Å²) in [5, 5.41) is 2.82. The first-order valence-electron chi connectivity index (χ1n) is 5.93. The van der Waals surface area contributed by atoms with Crippen molar-refractivity contribution in [1.29, 1.82) is 0 Å². The fourth-order valence-corrected chi connectivity index (χ4v) is 1.73. The van der Waals surface area contributed by atoms with E-state index in [9.17, 15) is 4.79 Å². The monoisotopic (exact) mass is 211 g/mol. The number of carbonyl (C=O) groups is 1. The van der Waals surface area contributed by atoms with E-state index in [-0.39, 0.29) is 5.91 Å². The average molecular weight is 211 g/mol. The molecule has 0 aliphatic heterocycles. The highest BCUT2D eigenvalue weighted by Gasteiger charge is 2.05. The largest absolute Gasteiger partial charge is 0.356 e. The van der Waals surface area contributed by atoms with E-state index in [2.05, 4.69) is 25.7 Å². The zero-order valence-corrected chi connectivity index (χ0v) is 10.4. The van der Waals surface area contributed by atoms with Gasteiger partial charge in [0.1, 0.15) is 0 Å². The van der Waals surface area contributed by atoms with E-state index in [1.165, 1.54) is 19.3 Å². The maximum Gasteiger partial charge on any atom is 0.216 e. The molecule has 1 N–H and O–H groups in total. The summed E-state index contributed by atoms with van der Waals surface area (Å²) in [5.41, 5.74) is 0. The molecule has 0 saturated heterocycles. The van der Waals surface area contributed by atoms with Crippen molar-refractivity contribution in [2.24, 2.45) is 11.8 Å². The summed E-state index contributed by atoms with van der Waals surface area (Å²) in [6.45, 7) is 10.7. The molecule has 0 aromatic heterocycles. The highest BCUT2D eigenvalue weighted by molar-refractivity contribution is 5.72. The smallest absolute Gasteiger partial charge is 0.216 e. The van der Waals surface area contributed by atoms with Crippen LogP contribution in [0.3, 0.4) is 0 Å². The van der Waals surface area contributed by atoms with Crippen molar-refractivity contribution in [1.82, 2.24) is 5.32 Å². The van der Waals surface area contributed by atoms with E-state index >= 15 is 0 Å². The zero-order chi connectivity index (χ0) is 11.7. The lowest BCUT2D eigenvalue weighted by atomic mass is 9.93. The molecule has 0 fully saturated rings. The van der Waals surface area contributed by atoms with Crippen LogP contribution in [-0.4, -0.2) is 12.5 Å². The fourth-order valence-electron chi connectivity index (χ4n) is 1.73. The molecule has 0 radical (unpaired) electrons. The molecule has 2 unspecified atom stereocenters. The molecule has 2 atom stereocenters. The third-order valence-corrected chi connectivity index (χ3v) is 2.67. The van der Waals surface area contributed by atoms with Gasteiger partial charge in [-0.3, -0.25) is 4.79 Å². The minimum Gasteiger partial charge on any atom is -0.356 e. The fraction of sp³-hybridized carbons (Fsp3) is 0.769. The quantitative estimate of drug-likeness (QED) is 0.485. The minimum absolute atomic E-state index is 0.0725. The Balaban J connectivity index is 3.34. The van der Waals surface area contributed by atoms with Gasteiger partial charge in [-0.1, -0.05) is 32.8 Å². The van der Waals surface area contributed by atoms with Crippen molar-refractivity contribution in [3.63, 3.8) is 0 Å². The first-order valence-corrected chi connectivity index (χ1v) is 5.93. The highest BCUT2D eigenvalue weighted by atomic mass is 16.1. The van der Waals surface area contributed by atoms with Gasteiger partial charge in [-0.25, -0.2) is 0 Å². The average Bonchev–Trinajstić information content (AvgIpc) is 2.16. The van der Waals surface area contributed by atoms with Crippen LogP contribution in [-0.2, 0) is 4.79 Å². The van der Waals surface area contributed by atoms with E-state index in [1.807, 2.05) is 6.08 Å². The molecule has 0 aromatic carbocycles. The van der Waals surface area contributed by atoms with Crippen molar-refractivity contribution in [2.75, 3.05) is 6.54 Å². The predicted octanol–water partition coefficient (Wildman–Crippen LogP) is 3.14. The molecule has 1 amide bonds. The van der Waals surface area contributed by atoms with Crippen LogP contribution in [0.4, 0.5) is 0 Å². The summed E-state index contributed by atoms with van der Waals surface area (Å²) in [5.74, 6) is 1.45. The molecule has 0 aliphatic carbocycles. The van der Waals surface area contributed by atoms with Gasteiger partial charge in [-0.15, -0.1) is 6.58 Å². The molecular formula is C13H25NO. The van der Waals surface area contributed by atoms with Gasteiger partial charge in [0.05, 0.1) is 0 Å². The van der Waals surface area contributed by atoms with Gasteiger partial charge in [-0.2, -0.15) is 0 Å². The lowest BCUT2D eigenvalue weighted by Crippen LogP contribution is -2.20. The Hall–Kier alpha value is -0.790. The van der Waals surface area contributed by atoms with Crippen LogP contribution in [0.5, 0.6) is 0 Å². The first-order chi connectivity index (χ1) is 7.06. The van der Waals surface area contributed by atoms with Crippen molar-refractivity contribution in [2.45, 2.75) is 46.5 Å². The molecule has 15 heavy (non-hydrogen) atoms. The van der Waals surface area contributed by atoms with Crippen LogP contribution in [0.2, 0.25) is 0 Å². The lowest BCUT2D eigenvalue weighted by Gasteiger charge is -2.14. The van der Waals surface area contributed by atoms with Crippen LogP contribution >= 0.6 is 0 Å². The zero-order valence-electron chi connectivity index (χ0n) is 10.4. The van der Waals surface area contributed by atoms with Crippen LogP contribution in [0.25, 0.3) is 0 Å². The highest BCUT2D eigenvalue weighted by Crippen LogP contribution is 2.17. The standard InChI is InChI=1S/C13H25NO/c1-5-11(2)10-12(3)8-6-7-9-14-13(4)15/h5,11-12H,1,6-10H2,2-4H3,(H,14,15). The maximum absolute atomic E-state index is 10.6. The molecule has 0 saturated carbocycles. The maximum atomic E-state index is 10.6. The van der Waals surface area contributed by atoms with E-state index < -0.39 is 0 Å². The van der Waals surface area contributed by atoms with E-state index in [0.29, 0.717) is 5.92 Å². The number of allylic oxidation sites excluding steroid dienone is 1. The number of amides is 1. The molecular weight excluding hydrogens is 186 g/mol. The van der Waals surface area contributed by atoms with Gasteiger partial charge in [0, 0.05) is 13.5 Å². The number of unbranched alkanes of at least 4 members (excludes halogenated alkanes) is 1. The van der Waals surface area contributed by atoms with E-state index in [0.717, 1.165) is 18.9 Å². The van der Waals surface area contributed by atoms with Crippen LogP contribution in [0.15, 0.2) is 12.7 Å². The topological polar surface area (TPSA) is 29.1 Å². The Kier molecular flexibility index (Phi) is 8.06. The minimum atomic E-state index is 0.0725. The Morgan fingerprint density at radius 1 is 1.40 bits per heavy atom. The number of nitrogens with one attached hydrogen (secondary N) is 1. The SMILES string of the molecule is C=CC(C)CC(C)CCCCNC(C)=O. The van der Waals surface area contributed by atoms with Crippen molar-refractivity contribution >= 4 is 5.91 Å². The predicted molar refractivity (Wildman–Crippen MR) is 65.7 cm³/mol. The summed E-state index contributed by atoms with van der Waals surface area (Å²) in [6, 6.07) is 0. The van der Waals surface area contributed by atoms with Crippen LogP contribution < -0.4 is 5.32 Å².